The topological polar surface area (TPSA) is 32.5 Å². The van der Waals surface area contributed by atoms with E-state index >= 15 is 0 Å². The van der Waals surface area contributed by atoms with Crippen LogP contribution in [0.25, 0.3) is 0 Å². The van der Waals surface area contributed by atoms with E-state index in [1.54, 1.807) is 0 Å². The van der Waals surface area contributed by atoms with Gasteiger partial charge in [-0.25, -0.2) is 0 Å². The van der Waals surface area contributed by atoms with Crippen LogP contribution in [0.2, 0.25) is 0 Å². The zero-order valence-electron chi connectivity index (χ0n) is 11.5. The lowest BCUT2D eigenvalue weighted by Crippen LogP contribution is -2.33. The van der Waals surface area contributed by atoms with E-state index in [2.05, 4.69) is 37.7 Å². The molecule has 0 aromatic rings. The van der Waals surface area contributed by atoms with Gasteiger partial charge in [-0.2, -0.15) is 0 Å². The maximum Gasteiger partial charge on any atom is 0.00193 e. The second-order valence-electron chi connectivity index (χ2n) is 6.30. The van der Waals surface area contributed by atoms with Gasteiger partial charge in [0.05, 0.1) is 0 Å². The molecule has 16 heavy (non-hydrogen) atoms. The van der Waals surface area contributed by atoms with E-state index in [9.17, 15) is 0 Å². The van der Waals surface area contributed by atoms with Gasteiger partial charge in [0, 0.05) is 13.1 Å². The molecule has 0 aliphatic carbocycles. The molecule has 0 amide bonds. The lowest BCUT2D eigenvalue weighted by Gasteiger charge is -2.27. The summed E-state index contributed by atoms with van der Waals surface area (Å²) in [6.07, 6.45) is 2.56. The van der Waals surface area contributed by atoms with Crippen LogP contribution < -0.4 is 5.73 Å². The summed E-state index contributed by atoms with van der Waals surface area (Å²) in [5.41, 5.74) is 6.04. The highest BCUT2D eigenvalue weighted by molar-refractivity contribution is 4.76. The fraction of sp³-hybridized carbons (Fsp3) is 1.00. The highest BCUT2D eigenvalue weighted by Crippen LogP contribution is 2.20. The molecule has 96 valence electrons. The van der Waals surface area contributed by atoms with Crippen LogP contribution in [0.1, 0.15) is 26.7 Å². The van der Waals surface area contributed by atoms with Crippen molar-refractivity contribution in [2.45, 2.75) is 26.7 Å². The zero-order chi connectivity index (χ0) is 12.2. The van der Waals surface area contributed by atoms with Crippen molar-refractivity contribution < 1.29 is 0 Å². The summed E-state index contributed by atoms with van der Waals surface area (Å²) >= 11 is 0. The maximum absolute atomic E-state index is 5.75. The van der Waals surface area contributed by atoms with Gasteiger partial charge in [-0.3, -0.25) is 0 Å². The van der Waals surface area contributed by atoms with Crippen LogP contribution >= 0.6 is 0 Å². The second kappa shape index (κ2) is 5.99. The van der Waals surface area contributed by atoms with E-state index in [1.165, 1.54) is 39.0 Å². The Morgan fingerprint density at radius 1 is 1.44 bits per heavy atom. The largest absolute Gasteiger partial charge is 0.330 e. The van der Waals surface area contributed by atoms with Crippen molar-refractivity contribution in [3.05, 3.63) is 0 Å². The monoisotopic (exact) mass is 227 g/mol. The highest BCUT2D eigenvalue weighted by Gasteiger charge is 2.22. The summed E-state index contributed by atoms with van der Waals surface area (Å²) in [6.45, 7) is 10.2. The van der Waals surface area contributed by atoms with E-state index in [0.717, 1.165) is 12.5 Å². The van der Waals surface area contributed by atoms with Gasteiger partial charge in [0.15, 0.2) is 0 Å². The van der Waals surface area contributed by atoms with Crippen LogP contribution in [0.15, 0.2) is 0 Å². The van der Waals surface area contributed by atoms with Crippen LogP contribution in [0, 0.1) is 11.3 Å². The fourth-order valence-corrected chi connectivity index (χ4v) is 2.30. The van der Waals surface area contributed by atoms with Crippen molar-refractivity contribution >= 4 is 0 Å². The summed E-state index contributed by atoms with van der Waals surface area (Å²) in [7, 11) is 4.46. The van der Waals surface area contributed by atoms with Gasteiger partial charge in [-0.15, -0.1) is 0 Å². The number of rotatable bonds is 6. The molecule has 1 heterocycles. The summed E-state index contributed by atoms with van der Waals surface area (Å²) in [5, 5.41) is 0. The van der Waals surface area contributed by atoms with Crippen LogP contribution in [0.3, 0.4) is 0 Å². The van der Waals surface area contributed by atoms with Gasteiger partial charge in [0.2, 0.25) is 0 Å². The normalized spacial score (nSPS) is 23.2. The summed E-state index contributed by atoms with van der Waals surface area (Å²) in [5.74, 6) is 0.871. The number of nitrogens with zero attached hydrogens (tertiary/aromatic N) is 2. The minimum absolute atomic E-state index is 0.292. The van der Waals surface area contributed by atoms with Crippen LogP contribution in [0.4, 0.5) is 0 Å². The average molecular weight is 227 g/mol. The quantitative estimate of drug-likeness (QED) is 0.741. The van der Waals surface area contributed by atoms with E-state index in [0.29, 0.717) is 5.41 Å². The molecule has 1 aliphatic heterocycles. The molecule has 0 aromatic heterocycles. The lowest BCUT2D eigenvalue weighted by atomic mass is 9.89. The van der Waals surface area contributed by atoms with Crippen molar-refractivity contribution in [1.82, 2.24) is 9.80 Å². The van der Waals surface area contributed by atoms with Crippen molar-refractivity contribution in [2.75, 3.05) is 46.8 Å². The molecule has 0 radical (unpaired) electrons. The molecule has 1 saturated heterocycles. The molecule has 2 N–H and O–H groups in total. The van der Waals surface area contributed by atoms with Crippen molar-refractivity contribution in [3.8, 4) is 0 Å². The molecule has 0 bridgehead atoms. The van der Waals surface area contributed by atoms with Gasteiger partial charge < -0.3 is 15.5 Å². The third kappa shape index (κ3) is 4.81. The Labute approximate surface area is 101 Å². The van der Waals surface area contributed by atoms with E-state index in [-0.39, 0.29) is 0 Å². The van der Waals surface area contributed by atoms with Gasteiger partial charge in [-0.1, -0.05) is 13.8 Å². The lowest BCUT2D eigenvalue weighted by molar-refractivity contribution is 0.227. The van der Waals surface area contributed by atoms with Gasteiger partial charge >= 0.3 is 0 Å². The second-order valence-corrected chi connectivity index (χ2v) is 6.30. The first kappa shape index (κ1) is 13.9. The SMILES string of the molecule is CN1CCC(CN(C)CCC(C)(C)CN)C1. The Kier molecular flexibility index (Phi) is 5.22. The predicted octanol–water partition coefficient (Wildman–Crippen LogP) is 1.24. The summed E-state index contributed by atoms with van der Waals surface area (Å²) in [6, 6.07) is 0. The minimum Gasteiger partial charge on any atom is -0.330 e. The Balaban J connectivity index is 2.18. The third-order valence-corrected chi connectivity index (χ3v) is 3.78. The molecular formula is C13H29N3. The fourth-order valence-electron chi connectivity index (χ4n) is 2.30. The molecule has 0 saturated carbocycles. The predicted molar refractivity (Wildman–Crippen MR) is 70.6 cm³/mol. The average Bonchev–Trinajstić information content (AvgIpc) is 2.61. The first-order chi connectivity index (χ1) is 7.43. The van der Waals surface area contributed by atoms with Crippen molar-refractivity contribution in [3.63, 3.8) is 0 Å². The first-order valence-electron chi connectivity index (χ1n) is 6.50. The molecule has 1 atom stereocenters. The van der Waals surface area contributed by atoms with E-state index in [1.807, 2.05) is 0 Å². The van der Waals surface area contributed by atoms with Gasteiger partial charge in [-0.05, 0) is 57.9 Å². The Bertz CT molecular complexity index is 203. The van der Waals surface area contributed by atoms with Crippen LogP contribution in [-0.4, -0.2) is 56.6 Å². The standard InChI is InChI=1S/C13H29N3/c1-13(2,11-14)6-8-16(4)10-12-5-7-15(3)9-12/h12H,5-11,14H2,1-4H3. The van der Waals surface area contributed by atoms with Crippen LogP contribution in [0.5, 0.6) is 0 Å². The Morgan fingerprint density at radius 3 is 2.62 bits per heavy atom. The number of hydrogen-bond acceptors (Lipinski definition) is 3. The molecule has 3 nitrogen and oxygen atoms in total. The number of likely N-dealkylation sites (tertiary alicyclic amines) is 1. The Hall–Kier alpha value is -0.120. The van der Waals surface area contributed by atoms with Crippen LogP contribution in [-0.2, 0) is 0 Å². The molecule has 0 aromatic carbocycles. The molecule has 1 rings (SSSR count). The number of hydrogen-bond donors (Lipinski definition) is 1. The smallest absolute Gasteiger partial charge is 0.00193 e. The van der Waals surface area contributed by atoms with Crippen molar-refractivity contribution in [1.29, 1.82) is 0 Å². The molecule has 0 spiro atoms. The van der Waals surface area contributed by atoms with Gasteiger partial charge in [0.25, 0.3) is 0 Å². The first-order valence-corrected chi connectivity index (χ1v) is 6.50. The van der Waals surface area contributed by atoms with E-state index < -0.39 is 0 Å². The summed E-state index contributed by atoms with van der Waals surface area (Å²) in [4.78, 5) is 4.91. The third-order valence-electron chi connectivity index (χ3n) is 3.78. The van der Waals surface area contributed by atoms with Crippen molar-refractivity contribution in [2.24, 2.45) is 17.1 Å². The molecule has 3 heteroatoms. The van der Waals surface area contributed by atoms with Gasteiger partial charge in [0.1, 0.15) is 0 Å². The number of nitrogens with two attached hydrogens (primary N) is 1. The summed E-state index contributed by atoms with van der Waals surface area (Å²) < 4.78 is 0. The molecular weight excluding hydrogens is 198 g/mol. The minimum atomic E-state index is 0.292. The maximum atomic E-state index is 5.75. The highest BCUT2D eigenvalue weighted by atomic mass is 15.1. The molecule has 1 aliphatic rings. The molecule has 1 fully saturated rings. The molecule has 1 unspecified atom stereocenters. The Morgan fingerprint density at radius 2 is 2.12 bits per heavy atom. The zero-order valence-corrected chi connectivity index (χ0v) is 11.5. The van der Waals surface area contributed by atoms with E-state index in [4.69, 9.17) is 5.73 Å².